The van der Waals surface area contributed by atoms with Crippen molar-refractivity contribution < 1.29 is 14.6 Å². The zero-order chi connectivity index (χ0) is 13.1. The van der Waals surface area contributed by atoms with E-state index in [-0.39, 0.29) is 5.41 Å². The third-order valence-corrected chi connectivity index (χ3v) is 2.31. The van der Waals surface area contributed by atoms with E-state index in [1.807, 2.05) is 52.8 Å². The van der Waals surface area contributed by atoms with Crippen LogP contribution in [-0.4, -0.2) is 12.6 Å². The van der Waals surface area contributed by atoms with Crippen LogP contribution in [0.2, 0.25) is 0 Å². The molecule has 0 heterocycles. The maximum atomic E-state index is 11.8. The first-order valence-electron chi connectivity index (χ1n) is 5.71. The molecule has 0 aliphatic carbocycles. The van der Waals surface area contributed by atoms with Gasteiger partial charge in [0.2, 0.25) is 0 Å². The minimum Gasteiger partial charge on any atom is -0.293 e. The molecule has 0 radical (unpaired) electrons. The van der Waals surface area contributed by atoms with Gasteiger partial charge in [-0.1, -0.05) is 39.0 Å². The van der Waals surface area contributed by atoms with Crippen molar-refractivity contribution in [3.63, 3.8) is 0 Å². The molecule has 3 heteroatoms. The minimum atomic E-state index is -0.426. The van der Waals surface area contributed by atoms with Crippen LogP contribution in [0.3, 0.4) is 0 Å². The molecule has 0 aliphatic heterocycles. The summed E-state index contributed by atoms with van der Waals surface area (Å²) >= 11 is 0. The van der Waals surface area contributed by atoms with Gasteiger partial charge < -0.3 is 0 Å². The fourth-order valence-electron chi connectivity index (χ4n) is 1.44. The summed E-state index contributed by atoms with van der Waals surface area (Å²) in [5, 5.41) is 0. The van der Waals surface area contributed by atoms with Crippen LogP contribution in [0.1, 0.15) is 42.3 Å². The van der Waals surface area contributed by atoms with Gasteiger partial charge in [-0.3, -0.25) is 4.89 Å². The Hall–Kier alpha value is -1.35. The summed E-state index contributed by atoms with van der Waals surface area (Å²) in [4.78, 5) is 21.6. The highest BCUT2D eigenvalue weighted by Gasteiger charge is 2.17. The van der Waals surface area contributed by atoms with E-state index in [2.05, 4.69) is 0 Å². The average molecular weight is 236 g/mol. The number of carbonyl (C=O) groups is 1. The molecule has 0 unspecified atom stereocenters. The van der Waals surface area contributed by atoms with Crippen molar-refractivity contribution in [3.8, 4) is 0 Å². The minimum absolute atomic E-state index is 0.0267. The quantitative estimate of drug-likeness (QED) is 0.595. The van der Waals surface area contributed by atoms with Crippen LogP contribution in [0.25, 0.3) is 0 Å². The summed E-state index contributed by atoms with van der Waals surface area (Å²) < 4.78 is 0. The van der Waals surface area contributed by atoms with Gasteiger partial charge >= 0.3 is 5.97 Å². The number of hydrogen-bond donors (Lipinski definition) is 0. The van der Waals surface area contributed by atoms with Crippen LogP contribution < -0.4 is 0 Å². The zero-order valence-electron chi connectivity index (χ0n) is 11.2. The van der Waals surface area contributed by atoms with Crippen LogP contribution >= 0.6 is 0 Å². The first-order valence-corrected chi connectivity index (χ1v) is 5.71. The average Bonchev–Trinajstić information content (AvgIpc) is 2.15. The van der Waals surface area contributed by atoms with Gasteiger partial charge in [0.25, 0.3) is 0 Å². The smallest absolute Gasteiger partial charge is 0.293 e. The van der Waals surface area contributed by atoms with Gasteiger partial charge in [0.15, 0.2) is 0 Å². The lowest BCUT2D eigenvalue weighted by molar-refractivity contribution is -0.255. The van der Waals surface area contributed by atoms with E-state index in [0.717, 1.165) is 11.1 Å². The normalized spacial score (nSPS) is 11.4. The van der Waals surface area contributed by atoms with Gasteiger partial charge in [0.1, 0.15) is 0 Å². The lowest BCUT2D eigenvalue weighted by atomic mass is 9.99. The number of rotatable bonds is 3. The standard InChI is InChI=1S/C14H20O3/c1-10-7-6-8-11(2)12(10)13(15)17-16-9-14(3,4)5/h6-8H,9H2,1-5H3. The Balaban J connectivity index is 2.65. The Morgan fingerprint density at radius 1 is 1.18 bits per heavy atom. The number of hydrogen-bond acceptors (Lipinski definition) is 3. The maximum Gasteiger partial charge on any atom is 0.373 e. The molecule has 1 aromatic carbocycles. The molecule has 17 heavy (non-hydrogen) atoms. The van der Waals surface area contributed by atoms with E-state index in [9.17, 15) is 4.79 Å². The predicted octanol–water partition coefficient (Wildman–Crippen LogP) is 3.44. The third-order valence-electron chi connectivity index (χ3n) is 2.31. The van der Waals surface area contributed by atoms with E-state index in [1.165, 1.54) is 0 Å². The molecule has 1 rings (SSSR count). The van der Waals surface area contributed by atoms with Gasteiger partial charge in [0, 0.05) is 0 Å². The van der Waals surface area contributed by atoms with Crippen LogP contribution in [0.4, 0.5) is 0 Å². The van der Waals surface area contributed by atoms with Crippen LogP contribution in [0, 0.1) is 19.3 Å². The van der Waals surface area contributed by atoms with Gasteiger partial charge in [-0.15, -0.1) is 0 Å². The molecule has 0 amide bonds. The fraction of sp³-hybridized carbons (Fsp3) is 0.500. The molecule has 0 atom stereocenters. The fourth-order valence-corrected chi connectivity index (χ4v) is 1.44. The summed E-state index contributed by atoms with van der Waals surface area (Å²) in [5.41, 5.74) is 2.35. The molecule has 0 saturated heterocycles. The summed E-state index contributed by atoms with van der Waals surface area (Å²) in [6, 6.07) is 5.68. The summed E-state index contributed by atoms with van der Waals surface area (Å²) in [5.74, 6) is -0.426. The third kappa shape index (κ3) is 4.19. The molecule has 3 nitrogen and oxygen atoms in total. The van der Waals surface area contributed by atoms with Crippen molar-refractivity contribution >= 4 is 5.97 Å². The molecule has 1 aromatic rings. The highest BCUT2D eigenvalue weighted by Crippen LogP contribution is 2.16. The highest BCUT2D eigenvalue weighted by atomic mass is 17.2. The van der Waals surface area contributed by atoms with Crippen molar-refractivity contribution in [2.45, 2.75) is 34.6 Å². The highest BCUT2D eigenvalue weighted by molar-refractivity contribution is 5.92. The van der Waals surface area contributed by atoms with Gasteiger partial charge in [-0.2, -0.15) is 4.89 Å². The number of carbonyl (C=O) groups excluding carboxylic acids is 1. The van der Waals surface area contributed by atoms with E-state index < -0.39 is 5.97 Å². The molecule has 0 bridgehead atoms. The summed E-state index contributed by atoms with van der Waals surface area (Å²) in [6.45, 7) is 10.2. The monoisotopic (exact) mass is 236 g/mol. The van der Waals surface area contributed by atoms with Gasteiger partial charge in [-0.05, 0) is 30.4 Å². The Morgan fingerprint density at radius 2 is 1.71 bits per heavy atom. The van der Waals surface area contributed by atoms with Crippen molar-refractivity contribution in [1.82, 2.24) is 0 Å². The van der Waals surface area contributed by atoms with Crippen molar-refractivity contribution in [1.29, 1.82) is 0 Å². The first-order chi connectivity index (χ1) is 7.81. The van der Waals surface area contributed by atoms with Crippen molar-refractivity contribution in [3.05, 3.63) is 34.9 Å². The molecular weight excluding hydrogens is 216 g/mol. The largest absolute Gasteiger partial charge is 0.373 e. The number of benzene rings is 1. The Bertz CT molecular complexity index is 382. The molecule has 0 aliphatic rings. The lowest BCUT2D eigenvalue weighted by Gasteiger charge is -2.16. The molecule has 0 aromatic heterocycles. The van der Waals surface area contributed by atoms with Crippen molar-refractivity contribution in [2.24, 2.45) is 5.41 Å². The van der Waals surface area contributed by atoms with Crippen molar-refractivity contribution in [2.75, 3.05) is 6.61 Å². The van der Waals surface area contributed by atoms with E-state index in [4.69, 9.17) is 9.78 Å². The zero-order valence-corrected chi connectivity index (χ0v) is 11.2. The van der Waals surface area contributed by atoms with E-state index in [1.54, 1.807) is 0 Å². The molecule has 94 valence electrons. The predicted molar refractivity (Wildman–Crippen MR) is 66.7 cm³/mol. The van der Waals surface area contributed by atoms with Crippen LogP contribution in [-0.2, 0) is 9.78 Å². The van der Waals surface area contributed by atoms with Crippen LogP contribution in [0.15, 0.2) is 18.2 Å². The second kappa shape index (κ2) is 5.32. The summed E-state index contributed by atoms with van der Waals surface area (Å²) in [6.07, 6.45) is 0. The molecule has 0 N–H and O–H groups in total. The Kier molecular flexibility index (Phi) is 4.29. The molecule has 0 spiro atoms. The Morgan fingerprint density at radius 3 is 2.18 bits per heavy atom. The maximum absolute atomic E-state index is 11.8. The SMILES string of the molecule is Cc1cccc(C)c1C(=O)OOCC(C)(C)C. The van der Waals surface area contributed by atoms with E-state index >= 15 is 0 Å². The van der Waals surface area contributed by atoms with Crippen LogP contribution in [0.5, 0.6) is 0 Å². The molecule has 0 fully saturated rings. The Labute approximate surface area is 103 Å². The van der Waals surface area contributed by atoms with E-state index in [0.29, 0.717) is 12.2 Å². The topological polar surface area (TPSA) is 35.5 Å². The van der Waals surface area contributed by atoms with Gasteiger partial charge in [0.05, 0.1) is 12.2 Å². The second-order valence-electron chi connectivity index (χ2n) is 5.46. The molecule has 0 saturated carbocycles. The molecular formula is C14H20O3. The first kappa shape index (κ1) is 13.7. The lowest BCUT2D eigenvalue weighted by Crippen LogP contribution is -2.18. The van der Waals surface area contributed by atoms with Gasteiger partial charge in [-0.25, -0.2) is 4.79 Å². The number of aryl methyl sites for hydroxylation is 2. The summed E-state index contributed by atoms with van der Waals surface area (Å²) in [7, 11) is 0. The second-order valence-corrected chi connectivity index (χ2v) is 5.46.